The van der Waals surface area contributed by atoms with Crippen LogP contribution in [0.3, 0.4) is 0 Å². The Morgan fingerprint density at radius 2 is 1.78 bits per heavy atom. The van der Waals surface area contributed by atoms with Gasteiger partial charge in [0.05, 0.1) is 23.8 Å². The summed E-state index contributed by atoms with van der Waals surface area (Å²) in [5.74, 6) is -0.340. The first-order valence-electron chi connectivity index (χ1n) is 10.1. The molecule has 32 heavy (non-hydrogen) atoms. The number of nitrogens with one attached hydrogen (secondary N) is 2. The number of nitrogens with zero attached hydrogens (tertiary/aromatic N) is 2. The maximum absolute atomic E-state index is 12.6. The fourth-order valence-electron chi connectivity index (χ4n) is 3.22. The number of carbonyl (C=O) groups is 1. The second-order valence-corrected chi connectivity index (χ2v) is 10.0. The zero-order valence-electron chi connectivity index (χ0n) is 17.6. The molecule has 2 heterocycles. The third kappa shape index (κ3) is 5.71. The number of aryl methyl sites for hydroxylation is 1. The number of benzene rings is 2. The molecule has 2 aromatic carbocycles. The summed E-state index contributed by atoms with van der Waals surface area (Å²) in [5.41, 5.74) is 2.77. The van der Waals surface area contributed by atoms with Gasteiger partial charge in [-0.25, -0.2) is 13.4 Å². The van der Waals surface area contributed by atoms with Crippen molar-refractivity contribution in [3.63, 3.8) is 0 Å². The lowest BCUT2D eigenvalue weighted by Gasteiger charge is -2.25. The predicted octanol–water partition coefficient (Wildman–Crippen LogP) is 3.34. The molecular formula is C22H24N4O4S2. The summed E-state index contributed by atoms with van der Waals surface area (Å²) < 4.78 is 33.1. The molecule has 1 aromatic heterocycles. The van der Waals surface area contributed by atoms with E-state index in [0.717, 1.165) is 44.1 Å². The highest BCUT2D eigenvalue weighted by atomic mass is 32.2. The molecule has 0 bridgehead atoms. The van der Waals surface area contributed by atoms with Crippen LogP contribution in [0, 0.1) is 6.92 Å². The van der Waals surface area contributed by atoms with Crippen molar-refractivity contribution in [2.45, 2.75) is 18.4 Å². The molecule has 0 saturated carbocycles. The van der Waals surface area contributed by atoms with Crippen LogP contribution in [0.5, 0.6) is 0 Å². The summed E-state index contributed by atoms with van der Waals surface area (Å²) in [6, 6.07) is 12.9. The van der Waals surface area contributed by atoms with Crippen molar-refractivity contribution in [2.75, 3.05) is 36.3 Å². The zero-order chi connectivity index (χ0) is 22.6. The number of thiazole rings is 1. The molecule has 1 aliphatic heterocycles. The Morgan fingerprint density at radius 3 is 2.47 bits per heavy atom. The molecule has 1 fully saturated rings. The Labute approximate surface area is 191 Å². The van der Waals surface area contributed by atoms with Crippen molar-refractivity contribution in [3.8, 4) is 0 Å². The molecule has 1 amide bonds. The molecule has 0 radical (unpaired) electrons. The van der Waals surface area contributed by atoms with Gasteiger partial charge in [0.2, 0.25) is 0 Å². The largest absolute Gasteiger partial charge is 0.379 e. The third-order valence-corrected chi connectivity index (χ3v) is 7.20. The van der Waals surface area contributed by atoms with Crippen LogP contribution in [0.2, 0.25) is 0 Å². The molecule has 0 atom stereocenters. The van der Waals surface area contributed by atoms with Gasteiger partial charge in [0, 0.05) is 36.3 Å². The number of anilines is 2. The minimum Gasteiger partial charge on any atom is -0.379 e. The second kappa shape index (κ2) is 9.78. The highest BCUT2D eigenvalue weighted by Crippen LogP contribution is 2.20. The number of ether oxygens (including phenoxy) is 1. The number of rotatable bonds is 7. The Hall–Kier alpha value is -2.79. The summed E-state index contributed by atoms with van der Waals surface area (Å²) in [7, 11) is -3.74. The summed E-state index contributed by atoms with van der Waals surface area (Å²) in [5, 5.41) is 5.22. The number of aromatic nitrogens is 1. The number of hydrogen-bond donors (Lipinski definition) is 2. The van der Waals surface area contributed by atoms with E-state index in [2.05, 4.69) is 19.9 Å². The lowest BCUT2D eigenvalue weighted by molar-refractivity contribution is 0.0337. The molecule has 2 N–H and O–H groups in total. The quantitative estimate of drug-likeness (QED) is 0.547. The average Bonchev–Trinajstić information content (AvgIpc) is 3.22. The van der Waals surface area contributed by atoms with Crippen molar-refractivity contribution >= 4 is 38.1 Å². The Kier molecular flexibility index (Phi) is 6.85. The first-order chi connectivity index (χ1) is 15.4. The summed E-state index contributed by atoms with van der Waals surface area (Å²) in [4.78, 5) is 19.4. The lowest BCUT2D eigenvalue weighted by atomic mass is 10.2. The number of hydrogen-bond acceptors (Lipinski definition) is 7. The normalized spacial score (nSPS) is 14.8. The van der Waals surface area contributed by atoms with Crippen LogP contribution in [0.4, 0.5) is 10.8 Å². The Bertz CT molecular complexity index is 1170. The van der Waals surface area contributed by atoms with E-state index >= 15 is 0 Å². The van der Waals surface area contributed by atoms with Crippen LogP contribution in [0.25, 0.3) is 0 Å². The van der Waals surface area contributed by atoms with Crippen LogP contribution < -0.4 is 10.0 Å². The van der Waals surface area contributed by atoms with Crippen molar-refractivity contribution in [2.24, 2.45) is 0 Å². The molecule has 0 aliphatic carbocycles. The van der Waals surface area contributed by atoms with Crippen LogP contribution in [-0.2, 0) is 21.3 Å². The number of amides is 1. The molecule has 168 valence electrons. The zero-order valence-corrected chi connectivity index (χ0v) is 19.2. The van der Waals surface area contributed by atoms with Crippen LogP contribution in [0.1, 0.15) is 21.6 Å². The summed E-state index contributed by atoms with van der Waals surface area (Å²) in [6.45, 7) is 5.83. The van der Waals surface area contributed by atoms with Gasteiger partial charge in [-0.15, -0.1) is 11.3 Å². The number of morpholine rings is 1. The molecule has 10 heteroatoms. The minimum atomic E-state index is -3.74. The number of sulfonamides is 1. The highest BCUT2D eigenvalue weighted by molar-refractivity contribution is 7.92. The van der Waals surface area contributed by atoms with Gasteiger partial charge >= 0.3 is 0 Å². The van der Waals surface area contributed by atoms with Gasteiger partial charge in [0.1, 0.15) is 0 Å². The Balaban J connectivity index is 1.37. The first-order valence-corrected chi connectivity index (χ1v) is 12.5. The second-order valence-electron chi connectivity index (χ2n) is 7.48. The van der Waals surface area contributed by atoms with E-state index in [-0.39, 0.29) is 10.8 Å². The molecule has 8 nitrogen and oxygen atoms in total. The van der Waals surface area contributed by atoms with Gasteiger partial charge in [-0.1, -0.05) is 17.7 Å². The van der Waals surface area contributed by atoms with Gasteiger partial charge in [-0.05, 0) is 43.3 Å². The van der Waals surface area contributed by atoms with E-state index in [1.54, 1.807) is 12.1 Å². The van der Waals surface area contributed by atoms with E-state index in [4.69, 9.17) is 4.74 Å². The lowest BCUT2D eigenvalue weighted by Crippen LogP contribution is -2.35. The van der Waals surface area contributed by atoms with Crippen LogP contribution in [-0.4, -0.2) is 50.5 Å². The van der Waals surface area contributed by atoms with Gasteiger partial charge in [0.15, 0.2) is 5.13 Å². The van der Waals surface area contributed by atoms with E-state index in [0.29, 0.717) is 16.4 Å². The summed E-state index contributed by atoms with van der Waals surface area (Å²) in [6.07, 6.45) is 0. The first kappa shape index (κ1) is 22.4. The van der Waals surface area contributed by atoms with Crippen molar-refractivity contribution < 1.29 is 17.9 Å². The van der Waals surface area contributed by atoms with Crippen molar-refractivity contribution in [1.82, 2.24) is 9.88 Å². The van der Waals surface area contributed by atoms with Crippen LogP contribution >= 0.6 is 11.3 Å². The maximum atomic E-state index is 12.6. The third-order valence-electron chi connectivity index (χ3n) is 4.99. The smallest absolute Gasteiger partial charge is 0.261 e. The maximum Gasteiger partial charge on any atom is 0.261 e. The van der Waals surface area contributed by atoms with E-state index in [1.807, 2.05) is 24.4 Å². The van der Waals surface area contributed by atoms with Gasteiger partial charge in [-0.3, -0.25) is 19.7 Å². The fraction of sp³-hybridized carbons (Fsp3) is 0.273. The van der Waals surface area contributed by atoms with E-state index < -0.39 is 10.0 Å². The monoisotopic (exact) mass is 472 g/mol. The van der Waals surface area contributed by atoms with E-state index in [9.17, 15) is 13.2 Å². The topological polar surface area (TPSA) is 101 Å². The molecule has 0 spiro atoms. The Morgan fingerprint density at radius 1 is 1.09 bits per heavy atom. The average molecular weight is 473 g/mol. The molecule has 4 rings (SSSR count). The summed E-state index contributed by atoms with van der Waals surface area (Å²) >= 11 is 1.36. The standard InChI is InChI=1S/C22H24N4O4S2/c1-16-2-6-18(7-3-16)25-32(28,29)20-8-4-17(5-9-20)21(27)24-22-23-19(15-31-22)14-26-10-12-30-13-11-26/h2-9,15,25H,10-14H2,1H3,(H,23,24,27). The highest BCUT2D eigenvalue weighted by Gasteiger charge is 2.17. The SMILES string of the molecule is Cc1ccc(NS(=O)(=O)c2ccc(C(=O)Nc3nc(CN4CCOCC4)cs3)cc2)cc1. The fourth-order valence-corrected chi connectivity index (χ4v) is 4.97. The van der Waals surface area contributed by atoms with Gasteiger partial charge in [0.25, 0.3) is 15.9 Å². The van der Waals surface area contributed by atoms with E-state index in [1.165, 1.54) is 35.6 Å². The van der Waals surface area contributed by atoms with Crippen molar-refractivity contribution in [1.29, 1.82) is 0 Å². The molecule has 0 unspecified atom stereocenters. The van der Waals surface area contributed by atoms with Gasteiger partial charge < -0.3 is 4.74 Å². The molecule has 1 aliphatic rings. The predicted molar refractivity (Wildman–Crippen MR) is 125 cm³/mol. The number of carbonyl (C=O) groups excluding carboxylic acids is 1. The van der Waals surface area contributed by atoms with Crippen LogP contribution in [0.15, 0.2) is 58.8 Å². The molecule has 3 aromatic rings. The minimum absolute atomic E-state index is 0.0803. The molecule has 1 saturated heterocycles. The van der Waals surface area contributed by atoms with Gasteiger partial charge in [-0.2, -0.15) is 0 Å². The molecular weight excluding hydrogens is 448 g/mol. The van der Waals surface area contributed by atoms with Crippen molar-refractivity contribution in [3.05, 3.63) is 70.7 Å².